The van der Waals surface area contributed by atoms with Crippen LogP contribution in [0.2, 0.25) is 0 Å². The molecule has 1 aliphatic heterocycles. The van der Waals surface area contributed by atoms with Crippen LogP contribution in [0.25, 0.3) is 5.69 Å². The highest BCUT2D eigenvalue weighted by Crippen LogP contribution is 2.25. The number of aryl methyl sites for hydroxylation is 1. The summed E-state index contributed by atoms with van der Waals surface area (Å²) in [5.74, 6) is 0.851. The van der Waals surface area contributed by atoms with Crippen LogP contribution in [0.4, 0.5) is 0 Å². The Labute approximate surface area is 99.9 Å². The maximum Gasteiger partial charge on any atom is 0.115 e. The van der Waals surface area contributed by atoms with Crippen molar-refractivity contribution in [2.45, 2.75) is 12.8 Å². The summed E-state index contributed by atoms with van der Waals surface area (Å²) in [4.78, 5) is 4.24. The van der Waals surface area contributed by atoms with Gasteiger partial charge in [-0.15, -0.1) is 0 Å². The van der Waals surface area contributed by atoms with E-state index in [1.807, 2.05) is 25.5 Å². The summed E-state index contributed by atoms with van der Waals surface area (Å²) in [6, 6.07) is 5.42. The van der Waals surface area contributed by atoms with Crippen LogP contribution in [0.1, 0.15) is 17.2 Å². The first-order chi connectivity index (χ1) is 8.25. The first-order valence-corrected chi connectivity index (χ1v) is 5.78. The molecular formula is C13H15N3O. The Bertz CT molecular complexity index is 543. The molecule has 1 aromatic heterocycles. The van der Waals surface area contributed by atoms with Gasteiger partial charge in [0.1, 0.15) is 5.75 Å². The molecule has 4 heteroatoms. The highest BCUT2D eigenvalue weighted by molar-refractivity contribution is 5.46. The molecule has 3 rings (SSSR count). The van der Waals surface area contributed by atoms with E-state index in [1.54, 1.807) is 12.1 Å². The zero-order chi connectivity index (χ0) is 11.8. The molecule has 88 valence electrons. The van der Waals surface area contributed by atoms with Gasteiger partial charge in [0.05, 0.1) is 6.33 Å². The number of aromatic hydroxyl groups is 1. The second-order valence-corrected chi connectivity index (χ2v) is 4.51. The number of benzene rings is 1. The Morgan fingerprint density at radius 2 is 2.24 bits per heavy atom. The molecule has 0 bridgehead atoms. The molecule has 0 unspecified atom stereocenters. The van der Waals surface area contributed by atoms with E-state index in [0.29, 0.717) is 11.7 Å². The van der Waals surface area contributed by atoms with Gasteiger partial charge >= 0.3 is 0 Å². The predicted octanol–water partition coefficient (Wildman–Crippen LogP) is 1.57. The summed E-state index contributed by atoms with van der Waals surface area (Å²) in [5, 5.41) is 12.7. The first-order valence-electron chi connectivity index (χ1n) is 5.78. The highest BCUT2D eigenvalue weighted by Gasteiger charge is 2.23. The van der Waals surface area contributed by atoms with Crippen LogP contribution < -0.4 is 5.32 Å². The van der Waals surface area contributed by atoms with Crippen molar-refractivity contribution in [3.63, 3.8) is 0 Å². The molecule has 1 fully saturated rings. The summed E-state index contributed by atoms with van der Waals surface area (Å²) in [7, 11) is 0. The van der Waals surface area contributed by atoms with Crippen molar-refractivity contribution >= 4 is 0 Å². The van der Waals surface area contributed by atoms with Crippen molar-refractivity contribution < 1.29 is 5.11 Å². The van der Waals surface area contributed by atoms with E-state index in [9.17, 15) is 5.11 Å². The average Bonchev–Trinajstić information content (AvgIpc) is 2.64. The van der Waals surface area contributed by atoms with Crippen molar-refractivity contribution in [3.8, 4) is 11.4 Å². The molecule has 0 amide bonds. The van der Waals surface area contributed by atoms with E-state index < -0.39 is 0 Å². The molecule has 2 N–H and O–H groups in total. The number of nitrogens with one attached hydrogen (secondary N) is 1. The molecule has 2 heterocycles. The zero-order valence-corrected chi connectivity index (χ0v) is 9.72. The second-order valence-electron chi connectivity index (χ2n) is 4.51. The van der Waals surface area contributed by atoms with E-state index in [2.05, 4.69) is 14.9 Å². The molecule has 4 nitrogen and oxygen atoms in total. The third-order valence-electron chi connectivity index (χ3n) is 3.31. The van der Waals surface area contributed by atoms with Gasteiger partial charge in [-0.2, -0.15) is 0 Å². The van der Waals surface area contributed by atoms with Crippen LogP contribution in [0.15, 0.2) is 30.7 Å². The van der Waals surface area contributed by atoms with Gasteiger partial charge in [0.15, 0.2) is 0 Å². The molecule has 1 aliphatic rings. The molecule has 0 atom stereocenters. The number of phenols is 1. The van der Waals surface area contributed by atoms with Gasteiger partial charge in [0.2, 0.25) is 0 Å². The van der Waals surface area contributed by atoms with Crippen LogP contribution in [0.5, 0.6) is 5.75 Å². The summed E-state index contributed by atoms with van der Waals surface area (Å²) >= 11 is 0. The number of aromatic nitrogens is 2. The third kappa shape index (κ3) is 1.70. The minimum atomic E-state index is 0.304. The fourth-order valence-electron chi connectivity index (χ4n) is 2.22. The number of nitrogens with zero attached hydrogens (tertiary/aromatic N) is 2. The Kier molecular flexibility index (Phi) is 2.37. The SMILES string of the molecule is Cc1cc(O)ccc1-n1cncc1C1CNC1. The Balaban J connectivity index is 2.05. The summed E-state index contributed by atoms with van der Waals surface area (Å²) in [6.45, 7) is 4.03. The van der Waals surface area contributed by atoms with Crippen molar-refractivity contribution in [3.05, 3.63) is 42.0 Å². The predicted molar refractivity (Wildman–Crippen MR) is 65.6 cm³/mol. The lowest BCUT2D eigenvalue weighted by Gasteiger charge is -2.28. The van der Waals surface area contributed by atoms with Crippen LogP contribution in [-0.2, 0) is 0 Å². The quantitative estimate of drug-likeness (QED) is 0.822. The molecule has 17 heavy (non-hydrogen) atoms. The van der Waals surface area contributed by atoms with Gasteiger partial charge in [-0.3, -0.25) is 0 Å². The minimum absolute atomic E-state index is 0.304. The van der Waals surface area contributed by atoms with Gasteiger partial charge in [-0.25, -0.2) is 4.98 Å². The van der Waals surface area contributed by atoms with Crippen molar-refractivity contribution in [2.75, 3.05) is 13.1 Å². The van der Waals surface area contributed by atoms with Gasteiger partial charge in [-0.1, -0.05) is 0 Å². The van der Waals surface area contributed by atoms with Crippen LogP contribution >= 0.6 is 0 Å². The number of hydrogen-bond donors (Lipinski definition) is 2. The van der Waals surface area contributed by atoms with E-state index in [1.165, 1.54) is 5.69 Å². The number of phenolic OH excluding ortho intramolecular Hbond substituents is 1. The maximum absolute atomic E-state index is 9.44. The summed E-state index contributed by atoms with van der Waals surface area (Å²) in [6.07, 6.45) is 3.77. The van der Waals surface area contributed by atoms with Crippen molar-refractivity contribution in [2.24, 2.45) is 0 Å². The fraction of sp³-hybridized carbons (Fsp3) is 0.308. The van der Waals surface area contributed by atoms with Crippen LogP contribution in [0.3, 0.4) is 0 Å². The highest BCUT2D eigenvalue weighted by atomic mass is 16.3. The largest absolute Gasteiger partial charge is 0.508 e. The molecule has 1 aromatic carbocycles. The van der Waals surface area contributed by atoms with Crippen molar-refractivity contribution in [1.29, 1.82) is 0 Å². The molecule has 0 spiro atoms. The topological polar surface area (TPSA) is 50.1 Å². The second kappa shape index (κ2) is 3.89. The monoisotopic (exact) mass is 229 g/mol. The maximum atomic E-state index is 9.44. The summed E-state index contributed by atoms with van der Waals surface area (Å²) < 4.78 is 2.11. The average molecular weight is 229 g/mol. The van der Waals surface area contributed by atoms with E-state index >= 15 is 0 Å². The third-order valence-corrected chi connectivity index (χ3v) is 3.31. The first kappa shape index (κ1) is 10.4. The van der Waals surface area contributed by atoms with Gasteiger partial charge in [0, 0.05) is 36.6 Å². The summed E-state index contributed by atoms with van der Waals surface area (Å²) in [5.41, 5.74) is 3.37. The Morgan fingerprint density at radius 3 is 2.88 bits per heavy atom. The fourth-order valence-corrected chi connectivity index (χ4v) is 2.22. The lowest BCUT2D eigenvalue weighted by atomic mass is 9.99. The molecule has 0 radical (unpaired) electrons. The van der Waals surface area contributed by atoms with Gasteiger partial charge in [0.25, 0.3) is 0 Å². The van der Waals surface area contributed by atoms with Crippen LogP contribution in [0, 0.1) is 6.92 Å². The number of hydrogen-bond acceptors (Lipinski definition) is 3. The zero-order valence-electron chi connectivity index (χ0n) is 9.72. The normalized spacial score (nSPS) is 15.8. The van der Waals surface area contributed by atoms with E-state index in [0.717, 1.165) is 24.3 Å². The number of rotatable bonds is 2. The van der Waals surface area contributed by atoms with E-state index in [4.69, 9.17) is 0 Å². The van der Waals surface area contributed by atoms with Crippen molar-refractivity contribution in [1.82, 2.24) is 14.9 Å². The standard InChI is InChI=1S/C13H15N3O/c1-9-4-11(17)2-3-12(9)16-8-15-7-13(16)10-5-14-6-10/h2-4,7-8,10,14,17H,5-6H2,1H3. The van der Waals surface area contributed by atoms with Gasteiger partial charge in [-0.05, 0) is 30.7 Å². The molecule has 1 saturated heterocycles. The van der Waals surface area contributed by atoms with Crippen LogP contribution in [-0.4, -0.2) is 27.7 Å². The minimum Gasteiger partial charge on any atom is -0.508 e. The lowest BCUT2D eigenvalue weighted by molar-refractivity contribution is 0.435. The Hall–Kier alpha value is -1.81. The molecule has 2 aromatic rings. The molecule has 0 saturated carbocycles. The van der Waals surface area contributed by atoms with Gasteiger partial charge < -0.3 is 15.0 Å². The lowest BCUT2D eigenvalue weighted by Crippen LogP contribution is -2.40. The number of imidazole rings is 1. The Morgan fingerprint density at radius 1 is 1.41 bits per heavy atom. The smallest absolute Gasteiger partial charge is 0.115 e. The molecular weight excluding hydrogens is 214 g/mol. The van der Waals surface area contributed by atoms with E-state index in [-0.39, 0.29) is 0 Å². The molecule has 0 aliphatic carbocycles.